The van der Waals surface area contributed by atoms with Crippen LogP contribution in [0.3, 0.4) is 0 Å². The summed E-state index contributed by atoms with van der Waals surface area (Å²) in [5.41, 5.74) is -0.0167. The molecular formula is C17H34N2O. The van der Waals surface area contributed by atoms with E-state index in [-0.39, 0.29) is 5.60 Å². The van der Waals surface area contributed by atoms with Crippen LogP contribution in [0, 0.1) is 11.8 Å². The summed E-state index contributed by atoms with van der Waals surface area (Å²) in [6.07, 6.45) is 3.01. The summed E-state index contributed by atoms with van der Waals surface area (Å²) in [7, 11) is 0. The Balaban J connectivity index is 2.14. The second kappa shape index (κ2) is 6.33. The van der Waals surface area contributed by atoms with Crippen LogP contribution < -0.4 is 5.32 Å². The topological polar surface area (TPSA) is 24.5 Å². The minimum Gasteiger partial charge on any atom is -0.370 e. The largest absolute Gasteiger partial charge is 0.370 e. The van der Waals surface area contributed by atoms with E-state index in [1.807, 2.05) is 0 Å². The first-order valence-electron chi connectivity index (χ1n) is 8.47. The Hall–Kier alpha value is -0.120. The lowest BCUT2D eigenvalue weighted by atomic mass is 9.75. The molecule has 5 atom stereocenters. The standard InChI is InChI=1S/C17H34N2O/c1-7-18-15-9-12(2)8-13(3)16(15)19-10-14(4)20-17(5,6)11-19/h12-16,18H,7-11H2,1-6H3. The predicted molar refractivity (Wildman–Crippen MR) is 85.0 cm³/mol. The third kappa shape index (κ3) is 3.75. The highest BCUT2D eigenvalue weighted by Gasteiger charge is 2.42. The number of hydrogen-bond acceptors (Lipinski definition) is 3. The third-order valence-corrected chi connectivity index (χ3v) is 4.91. The number of ether oxygens (including phenoxy) is 1. The quantitative estimate of drug-likeness (QED) is 0.861. The van der Waals surface area contributed by atoms with Crippen molar-refractivity contribution >= 4 is 0 Å². The van der Waals surface area contributed by atoms with Crippen molar-refractivity contribution in [3.05, 3.63) is 0 Å². The molecule has 118 valence electrons. The molecular weight excluding hydrogens is 248 g/mol. The van der Waals surface area contributed by atoms with Crippen molar-refractivity contribution in [2.24, 2.45) is 11.8 Å². The van der Waals surface area contributed by atoms with Gasteiger partial charge >= 0.3 is 0 Å². The Morgan fingerprint density at radius 3 is 2.50 bits per heavy atom. The first kappa shape index (κ1) is 16.3. The van der Waals surface area contributed by atoms with Crippen molar-refractivity contribution in [3.63, 3.8) is 0 Å². The molecule has 1 aliphatic heterocycles. The van der Waals surface area contributed by atoms with Gasteiger partial charge in [0.25, 0.3) is 0 Å². The van der Waals surface area contributed by atoms with Crippen LogP contribution in [-0.4, -0.2) is 48.3 Å². The molecule has 2 aliphatic rings. The molecule has 2 fully saturated rings. The molecule has 20 heavy (non-hydrogen) atoms. The number of likely N-dealkylation sites (N-methyl/N-ethyl adjacent to an activating group) is 1. The first-order chi connectivity index (χ1) is 9.32. The summed E-state index contributed by atoms with van der Waals surface area (Å²) in [4.78, 5) is 2.71. The summed E-state index contributed by atoms with van der Waals surface area (Å²) in [5.74, 6) is 1.61. The molecule has 0 amide bonds. The Labute approximate surface area is 125 Å². The molecule has 0 spiro atoms. The highest BCUT2D eigenvalue weighted by atomic mass is 16.5. The van der Waals surface area contributed by atoms with Crippen molar-refractivity contribution in [1.29, 1.82) is 0 Å². The van der Waals surface area contributed by atoms with E-state index in [2.05, 4.69) is 51.8 Å². The Morgan fingerprint density at radius 1 is 1.20 bits per heavy atom. The van der Waals surface area contributed by atoms with E-state index in [4.69, 9.17) is 4.74 Å². The van der Waals surface area contributed by atoms with Gasteiger partial charge in [0.15, 0.2) is 0 Å². The second-order valence-corrected chi connectivity index (χ2v) is 7.83. The SMILES string of the molecule is CCNC1CC(C)CC(C)C1N1CC(C)OC(C)(C)C1. The number of nitrogens with zero attached hydrogens (tertiary/aromatic N) is 1. The van der Waals surface area contributed by atoms with Gasteiger partial charge in [0, 0.05) is 25.2 Å². The van der Waals surface area contributed by atoms with Gasteiger partial charge in [-0.3, -0.25) is 4.90 Å². The molecule has 0 aromatic carbocycles. The lowest BCUT2D eigenvalue weighted by Gasteiger charge is -2.51. The number of nitrogens with one attached hydrogen (secondary N) is 1. The highest BCUT2D eigenvalue weighted by Crippen LogP contribution is 2.35. The first-order valence-corrected chi connectivity index (χ1v) is 8.47. The Kier molecular flexibility index (Phi) is 5.14. The molecule has 1 saturated heterocycles. The molecule has 3 nitrogen and oxygen atoms in total. The Bertz CT molecular complexity index is 318. The highest BCUT2D eigenvalue weighted by molar-refractivity contribution is 4.97. The summed E-state index contributed by atoms with van der Waals surface area (Å²) < 4.78 is 6.08. The van der Waals surface area contributed by atoms with Crippen LogP contribution in [0.4, 0.5) is 0 Å². The van der Waals surface area contributed by atoms with Crippen LogP contribution in [0.25, 0.3) is 0 Å². The molecule has 0 radical (unpaired) electrons. The lowest BCUT2D eigenvalue weighted by Crippen LogP contribution is -2.63. The summed E-state index contributed by atoms with van der Waals surface area (Å²) in [6, 6.07) is 1.30. The molecule has 0 aromatic heterocycles. The predicted octanol–water partition coefficient (Wildman–Crippen LogP) is 2.90. The van der Waals surface area contributed by atoms with Crippen LogP contribution in [-0.2, 0) is 4.74 Å². The summed E-state index contributed by atoms with van der Waals surface area (Å²) in [5, 5.41) is 3.75. The van der Waals surface area contributed by atoms with Crippen molar-refractivity contribution in [2.45, 2.75) is 78.2 Å². The molecule has 2 rings (SSSR count). The molecule has 1 heterocycles. The van der Waals surface area contributed by atoms with Crippen LogP contribution in [0.5, 0.6) is 0 Å². The summed E-state index contributed by atoms with van der Waals surface area (Å²) in [6.45, 7) is 17.0. The van der Waals surface area contributed by atoms with Gasteiger partial charge in [-0.15, -0.1) is 0 Å². The maximum atomic E-state index is 6.08. The second-order valence-electron chi connectivity index (χ2n) is 7.83. The van der Waals surface area contributed by atoms with Crippen molar-refractivity contribution < 1.29 is 4.74 Å². The zero-order chi connectivity index (χ0) is 14.9. The van der Waals surface area contributed by atoms with E-state index >= 15 is 0 Å². The average molecular weight is 282 g/mol. The fourth-order valence-corrected chi connectivity index (χ4v) is 4.65. The number of rotatable bonds is 3. The molecule has 3 heteroatoms. The van der Waals surface area contributed by atoms with Crippen LogP contribution in [0.15, 0.2) is 0 Å². The molecule has 1 N–H and O–H groups in total. The average Bonchev–Trinajstić information content (AvgIpc) is 2.25. The minimum atomic E-state index is -0.0167. The lowest BCUT2D eigenvalue weighted by molar-refractivity contribution is -0.148. The maximum Gasteiger partial charge on any atom is 0.0757 e. The van der Waals surface area contributed by atoms with Gasteiger partial charge in [0.2, 0.25) is 0 Å². The van der Waals surface area contributed by atoms with Gasteiger partial charge in [-0.05, 0) is 52.0 Å². The van der Waals surface area contributed by atoms with Crippen LogP contribution in [0.2, 0.25) is 0 Å². The van der Waals surface area contributed by atoms with Crippen molar-refractivity contribution in [3.8, 4) is 0 Å². The molecule has 0 aromatic rings. The molecule has 0 bridgehead atoms. The van der Waals surface area contributed by atoms with Gasteiger partial charge in [-0.1, -0.05) is 20.8 Å². The van der Waals surface area contributed by atoms with E-state index in [9.17, 15) is 0 Å². The van der Waals surface area contributed by atoms with E-state index in [1.54, 1.807) is 0 Å². The van der Waals surface area contributed by atoms with Crippen LogP contribution in [0.1, 0.15) is 54.4 Å². The van der Waals surface area contributed by atoms with E-state index in [0.717, 1.165) is 31.5 Å². The van der Waals surface area contributed by atoms with Crippen molar-refractivity contribution in [2.75, 3.05) is 19.6 Å². The van der Waals surface area contributed by atoms with Gasteiger partial charge in [-0.2, -0.15) is 0 Å². The fraction of sp³-hybridized carbons (Fsp3) is 1.00. The molecule has 1 aliphatic carbocycles. The Morgan fingerprint density at radius 2 is 1.90 bits per heavy atom. The van der Waals surface area contributed by atoms with E-state index < -0.39 is 0 Å². The smallest absolute Gasteiger partial charge is 0.0757 e. The van der Waals surface area contributed by atoms with Gasteiger partial charge in [0.1, 0.15) is 0 Å². The van der Waals surface area contributed by atoms with E-state index in [1.165, 1.54) is 12.8 Å². The van der Waals surface area contributed by atoms with Gasteiger partial charge < -0.3 is 10.1 Å². The maximum absolute atomic E-state index is 6.08. The third-order valence-electron chi connectivity index (χ3n) is 4.91. The van der Waals surface area contributed by atoms with Gasteiger partial charge in [-0.25, -0.2) is 0 Å². The van der Waals surface area contributed by atoms with Crippen molar-refractivity contribution in [1.82, 2.24) is 10.2 Å². The number of hydrogen-bond donors (Lipinski definition) is 1. The summed E-state index contributed by atoms with van der Waals surface area (Å²) >= 11 is 0. The zero-order valence-electron chi connectivity index (χ0n) is 14.3. The fourth-order valence-electron chi connectivity index (χ4n) is 4.65. The molecule has 5 unspecified atom stereocenters. The van der Waals surface area contributed by atoms with Crippen LogP contribution >= 0.6 is 0 Å². The monoisotopic (exact) mass is 282 g/mol. The minimum absolute atomic E-state index is 0.0167. The van der Waals surface area contributed by atoms with Gasteiger partial charge in [0.05, 0.1) is 11.7 Å². The zero-order valence-corrected chi connectivity index (χ0v) is 14.3. The van der Waals surface area contributed by atoms with E-state index in [0.29, 0.717) is 18.2 Å². The number of morpholine rings is 1. The normalized spacial score (nSPS) is 42.6. The molecule has 1 saturated carbocycles.